The smallest absolute Gasteiger partial charge is 0.191 e. The number of benzene rings is 2. The molecule has 0 unspecified atom stereocenters. The first-order chi connectivity index (χ1) is 15.2. The molecule has 0 spiro atoms. The average Bonchev–Trinajstić information content (AvgIpc) is 3.22. The van der Waals surface area contributed by atoms with E-state index in [1.807, 2.05) is 18.2 Å². The topological polar surface area (TPSA) is 71.7 Å². The summed E-state index contributed by atoms with van der Waals surface area (Å²) in [5.41, 5.74) is 5.65. The van der Waals surface area contributed by atoms with Crippen molar-refractivity contribution in [2.75, 3.05) is 7.05 Å². The number of aryl methyl sites for hydroxylation is 2. The number of nitrogens with one attached hydrogen (secondary N) is 2. The second-order valence-electron chi connectivity index (χ2n) is 7.32. The van der Waals surface area contributed by atoms with Gasteiger partial charge in [0.05, 0.1) is 18.9 Å². The first kappa shape index (κ1) is 25.9. The third-order valence-corrected chi connectivity index (χ3v) is 5.09. The summed E-state index contributed by atoms with van der Waals surface area (Å²) < 4.78 is 11.3. The van der Waals surface area contributed by atoms with Gasteiger partial charge < -0.3 is 19.9 Å². The summed E-state index contributed by atoms with van der Waals surface area (Å²) in [6.07, 6.45) is 1.68. The molecule has 0 bridgehead atoms. The molecule has 0 aliphatic rings. The summed E-state index contributed by atoms with van der Waals surface area (Å²) in [5.74, 6) is 1.68. The number of guanidine groups is 1. The predicted molar refractivity (Wildman–Crippen MR) is 139 cm³/mol. The van der Waals surface area contributed by atoms with Crippen molar-refractivity contribution in [1.29, 1.82) is 0 Å². The third kappa shape index (κ3) is 7.63. The number of ether oxygens (including phenoxy) is 1. The Kier molecular flexibility index (Phi) is 11.2. The van der Waals surface area contributed by atoms with Crippen molar-refractivity contribution < 1.29 is 9.26 Å². The highest BCUT2D eigenvalue weighted by molar-refractivity contribution is 14.0. The molecule has 0 amide bonds. The number of rotatable bonds is 10. The van der Waals surface area contributed by atoms with Crippen molar-refractivity contribution >= 4 is 29.9 Å². The van der Waals surface area contributed by atoms with Gasteiger partial charge in [0.15, 0.2) is 5.96 Å². The average molecular weight is 548 g/mol. The van der Waals surface area contributed by atoms with Gasteiger partial charge in [0.1, 0.15) is 5.76 Å². The Hall–Kier alpha value is -2.39. The molecule has 32 heavy (non-hydrogen) atoms. The summed E-state index contributed by atoms with van der Waals surface area (Å²) in [6.45, 7) is 6.68. The van der Waals surface area contributed by atoms with E-state index in [0.29, 0.717) is 26.3 Å². The normalized spacial score (nSPS) is 11.2. The molecule has 0 fully saturated rings. The fourth-order valence-corrected chi connectivity index (χ4v) is 3.41. The maximum absolute atomic E-state index is 5.86. The number of halogens is 1. The first-order valence-corrected chi connectivity index (χ1v) is 10.8. The summed E-state index contributed by atoms with van der Waals surface area (Å²) in [6, 6.07) is 18.6. The fourth-order valence-electron chi connectivity index (χ4n) is 3.41. The number of hydrogen-bond donors (Lipinski definition) is 2. The molecule has 2 aromatic carbocycles. The lowest BCUT2D eigenvalue weighted by Crippen LogP contribution is -2.36. The Morgan fingerprint density at radius 2 is 1.59 bits per heavy atom. The highest BCUT2D eigenvalue weighted by atomic mass is 127. The van der Waals surface area contributed by atoms with Crippen molar-refractivity contribution in [1.82, 2.24) is 15.8 Å². The van der Waals surface area contributed by atoms with Gasteiger partial charge in [0.25, 0.3) is 0 Å². The molecule has 0 aliphatic carbocycles. The van der Waals surface area contributed by atoms with Gasteiger partial charge in [0.2, 0.25) is 0 Å². The molecular weight excluding hydrogens is 515 g/mol. The SMILES string of the molecule is CCc1noc(CC)c1CNC(=NC)NCc1cccc(COCc2ccccc2)c1.I. The van der Waals surface area contributed by atoms with Crippen LogP contribution in [0.1, 0.15) is 47.6 Å². The van der Waals surface area contributed by atoms with Crippen LogP contribution in [-0.4, -0.2) is 18.2 Å². The van der Waals surface area contributed by atoms with Gasteiger partial charge >= 0.3 is 0 Å². The number of aliphatic imine (C=N–C) groups is 1. The maximum Gasteiger partial charge on any atom is 0.191 e. The van der Waals surface area contributed by atoms with Crippen LogP contribution in [0.5, 0.6) is 0 Å². The van der Waals surface area contributed by atoms with Gasteiger partial charge in [-0.1, -0.05) is 73.6 Å². The van der Waals surface area contributed by atoms with E-state index in [4.69, 9.17) is 9.26 Å². The quantitative estimate of drug-likeness (QED) is 0.212. The zero-order valence-electron chi connectivity index (χ0n) is 19.1. The molecule has 2 N–H and O–H groups in total. The molecule has 0 aliphatic heterocycles. The zero-order valence-corrected chi connectivity index (χ0v) is 21.4. The standard InChI is InChI=1S/C25H32N4O2.HI/c1-4-23-22(24(5-2)31-29-23)16-28-25(26-3)27-15-20-12-9-13-21(14-20)18-30-17-19-10-7-6-8-11-19;/h6-14H,4-5,15-18H2,1-3H3,(H2,26,27,28);1H. The van der Waals surface area contributed by atoms with Gasteiger partial charge in [-0.15, -0.1) is 24.0 Å². The van der Waals surface area contributed by atoms with E-state index in [1.54, 1.807) is 7.05 Å². The summed E-state index contributed by atoms with van der Waals surface area (Å²) >= 11 is 0. The largest absolute Gasteiger partial charge is 0.372 e. The van der Waals surface area contributed by atoms with Gasteiger partial charge in [0, 0.05) is 32.1 Å². The number of nitrogens with zero attached hydrogens (tertiary/aromatic N) is 2. The van der Waals surface area contributed by atoms with E-state index in [9.17, 15) is 0 Å². The molecule has 0 saturated heterocycles. The molecule has 0 saturated carbocycles. The first-order valence-electron chi connectivity index (χ1n) is 10.8. The molecule has 172 valence electrons. The van der Waals surface area contributed by atoms with E-state index in [2.05, 4.69) is 71.0 Å². The Morgan fingerprint density at radius 3 is 2.31 bits per heavy atom. The summed E-state index contributed by atoms with van der Waals surface area (Å²) in [5, 5.41) is 10.9. The van der Waals surface area contributed by atoms with Gasteiger partial charge in [-0.25, -0.2) is 0 Å². The minimum Gasteiger partial charge on any atom is -0.372 e. The maximum atomic E-state index is 5.86. The summed E-state index contributed by atoms with van der Waals surface area (Å²) in [4.78, 5) is 4.34. The molecular formula is C25H33IN4O2. The lowest BCUT2D eigenvalue weighted by atomic mass is 10.1. The summed E-state index contributed by atoms with van der Waals surface area (Å²) in [7, 11) is 1.78. The van der Waals surface area contributed by atoms with E-state index in [-0.39, 0.29) is 24.0 Å². The number of aromatic nitrogens is 1. The Morgan fingerprint density at radius 1 is 0.906 bits per heavy atom. The second kappa shape index (κ2) is 13.9. The van der Waals surface area contributed by atoms with Crippen LogP contribution in [0.15, 0.2) is 64.1 Å². The van der Waals surface area contributed by atoms with E-state index < -0.39 is 0 Å². The fraction of sp³-hybridized carbons (Fsp3) is 0.360. The molecule has 7 heteroatoms. The monoisotopic (exact) mass is 548 g/mol. The lowest BCUT2D eigenvalue weighted by molar-refractivity contribution is 0.107. The Labute approximate surface area is 207 Å². The van der Waals surface area contributed by atoms with Crippen molar-refractivity contribution in [3.8, 4) is 0 Å². The van der Waals surface area contributed by atoms with Crippen LogP contribution in [0.4, 0.5) is 0 Å². The number of hydrogen-bond acceptors (Lipinski definition) is 4. The molecule has 0 atom stereocenters. The highest BCUT2D eigenvalue weighted by Crippen LogP contribution is 2.15. The van der Waals surface area contributed by atoms with Crippen LogP contribution in [0.3, 0.4) is 0 Å². The Balaban J connectivity index is 0.00000363. The van der Waals surface area contributed by atoms with Crippen LogP contribution in [0, 0.1) is 0 Å². The van der Waals surface area contributed by atoms with Gasteiger partial charge in [-0.2, -0.15) is 0 Å². The molecule has 0 radical (unpaired) electrons. The van der Waals surface area contributed by atoms with Crippen LogP contribution in [-0.2, 0) is 43.9 Å². The van der Waals surface area contributed by atoms with Crippen LogP contribution in [0.25, 0.3) is 0 Å². The lowest BCUT2D eigenvalue weighted by Gasteiger charge is -2.13. The van der Waals surface area contributed by atoms with Crippen LogP contribution < -0.4 is 10.6 Å². The predicted octanol–water partition coefficient (Wildman–Crippen LogP) is 5.00. The van der Waals surface area contributed by atoms with E-state index >= 15 is 0 Å². The minimum atomic E-state index is 0. The van der Waals surface area contributed by atoms with Crippen molar-refractivity contribution in [2.24, 2.45) is 4.99 Å². The molecule has 3 aromatic rings. The minimum absolute atomic E-state index is 0. The van der Waals surface area contributed by atoms with Crippen LogP contribution >= 0.6 is 24.0 Å². The molecule has 1 aromatic heterocycles. The molecule has 3 rings (SSSR count). The van der Waals surface area contributed by atoms with E-state index in [1.165, 1.54) is 11.1 Å². The van der Waals surface area contributed by atoms with Crippen molar-refractivity contribution in [3.05, 3.63) is 88.3 Å². The molecule has 1 heterocycles. The second-order valence-corrected chi connectivity index (χ2v) is 7.32. The van der Waals surface area contributed by atoms with Crippen molar-refractivity contribution in [3.63, 3.8) is 0 Å². The van der Waals surface area contributed by atoms with E-state index in [0.717, 1.165) is 41.4 Å². The third-order valence-electron chi connectivity index (χ3n) is 5.09. The molecule has 6 nitrogen and oxygen atoms in total. The Bertz CT molecular complexity index is 952. The highest BCUT2D eigenvalue weighted by Gasteiger charge is 2.13. The van der Waals surface area contributed by atoms with Crippen LogP contribution in [0.2, 0.25) is 0 Å². The zero-order chi connectivity index (χ0) is 21.9. The van der Waals surface area contributed by atoms with Crippen molar-refractivity contribution in [2.45, 2.75) is 53.0 Å². The van der Waals surface area contributed by atoms with Gasteiger partial charge in [-0.3, -0.25) is 4.99 Å². The van der Waals surface area contributed by atoms with Gasteiger partial charge in [-0.05, 0) is 23.1 Å².